The number of nitrogens with zero attached hydrogens (tertiary/aromatic N) is 2. The predicted molar refractivity (Wildman–Crippen MR) is 89.4 cm³/mol. The minimum atomic E-state index is -0.447. The number of hydrogen-bond acceptors (Lipinski definition) is 6. The van der Waals surface area contributed by atoms with Gasteiger partial charge in [0.2, 0.25) is 6.79 Å². The zero-order valence-electron chi connectivity index (χ0n) is 13.4. The summed E-state index contributed by atoms with van der Waals surface area (Å²) in [6.45, 7) is 5.91. The molecule has 1 unspecified atom stereocenters. The van der Waals surface area contributed by atoms with Crippen molar-refractivity contribution in [3.63, 3.8) is 0 Å². The van der Waals surface area contributed by atoms with Gasteiger partial charge in [-0.1, -0.05) is 6.07 Å². The molecule has 0 amide bonds. The van der Waals surface area contributed by atoms with Crippen molar-refractivity contribution in [3.05, 3.63) is 23.8 Å². The zero-order chi connectivity index (χ0) is 15.4. The maximum Gasteiger partial charge on any atom is 0.231 e. The summed E-state index contributed by atoms with van der Waals surface area (Å²) in [4.78, 5) is 4.59. The van der Waals surface area contributed by atoms with Gasteiger partial charge in [0.15, 0.2) is 11.5 Å². The van der Waals surface area contributed by atoms with E-state index in [1.807, 2.05) is 18.2 Å². The molecular formula is C16H25ClN2O4. The van der Waals surface area contributed by atoms with Crippen LogP contribution in [-0.2, 0) is 11.3 Å². The fourth-order valence-corrected chi connectivity index (χ4v) is 2.72. The Balaban J connectivity index is 0.00000192. The first-order valence-electron chi connectivity index (χ1n) is 7.76. The third-order valence-corrected chi connectivity index (χ3v) is 4.08. The van der Waals surface area contributed by atoms with Crippen LogP contribution in [0.3, 0.4) is 0 Å². The minimum Gasteiger partial charge on any atom is -0.454 e. The standard InChI is InChI=1S/C16H24N2O4.ClH/c1-17-4-6-18(7-5-17)9-14(19)11-20-10-13-2-3-15-16(8-13)22-12-21-15;/h2-3,8,14,19H,4-7,9-12H2,1H3;1H. The van der Waals surface area contributed by atoms with Crippen LogP contribution in [0.1, 0.15) is 5.56 Å². The van der Waals surface area contributed by atoms with Crippen LogP contribution in [0.2, 0.25) is 0 Å². The Morgan fingerprint density at radius 2 is 1.91 bits per heavy atom. The molecular weight excluding hydrogens is 320 g/mol. The minimum absolute atomic E-state index is 0. The van der Waals surface area contributed by atoms with E-state index in [1.54, 1.807) is 0 Å². The maximum atomic E-state index is 10.1. The molecule has 3 rings (SSSR count). The molecule has 1 saturated heterocycles. The maximum absolute atomic E-state index is 10.1. The van der Waals surface area contributed by atoms with Gasteiger partial charge >= 0.3 is 0 Å². The molecule has 2 heterocycles. The van der Waals surface area contributed by atoms with Crippen molar-refractivity contribution in [3.8, 4) is 11.5 Å². The fourth-order valence-electron chi connectivity index (χ4n) is 2.72. The molecule has 1 aromatic carbocycles. The van der Waals surface area contributed by atoms with Crippen LogP contribution in [0.5, 0.6) is 11.5 Å². The zero-order valence-corrected chi connectivity index (χ0v) is 14.3. The average molecular weight is 345 g/mol. The summed E-state index contributed by atoms with van der Waals surface area (Å²) in [6, 6.07) is 5.78. The summed E-state index contributed by atoms with van der Waals surface area (Å²) in [6.07, 6.45) is -0.447. The Bertz CT molecular complexity index is 495. The van der Waals surface area contributed by atoms with Crippen LogP contribution in [0.25, 0.3) is 0 Å². The molecule has 130 valence electrons. The van der Waals surface area contributed by atoms with Gasteiger partial charge in [-0.05, 0) is 24.7 Å². The fraction of sp³-hybridized carbons (Fsp3) is 0.625. The predicted octanol–water partition coefficient (Wildman–Crippen LogP) is 0.962. The lowest BCUT2D eigenvalue weighted by Gasteiger charge is -2.33. The van der Waals surface area contributed by atoms with Crippen LogP contribution in [-0.4, -0.2) is 74.2 Å². The number of rotatable bonds is 6. The molecule has 1 atom stereocenters. The van der Waals surface area contributed by atoms with E-state index in [9.17, 15) is 5.11 Å². The molecule has 23 heavy (non-hydrogen) atoms. The van der Waals surface area contributed by atoms with E-state index in [1.165, 1.54) is 0 Å². The first-order valence-corrected chi connectivity index (χ1v) is 7.76. The molecule has 7 heteroatoms. The van der Waals surface area contributed by atoms with E-state index in [0.29, 0.717) is 19.8 Å². The van der Waals surface area contributed by atoms with Gasteiger partial charge in [0.25, 0.3) is 0 Å². The largest absolute Gasteiger partial charge is 0.454 e. The Kier molecular flexibility index (Phi) is 6.92. The highest BCUT2D eigenvalue weighted by molar-refractivity contribution is 5.85. The molecule has 1 fully saturated rings. The molecule has 0 saturated carbocycles. The SMILES string of the molecule is CN1CCN(CC(O)COCc2ccc3c(c2)OCO3)CC1.Cl. The van der Waals surface area contributed by atoms with Crippen molar-refractivity contribution in [2.45, 2.75) is 12.7 Å². The monoisotopic (exact) mass is 344 g/mol. The molecule has 0 aliphatic carbocycles. The lowest BCUT2D eigenvalue weighted by atomic mass is 10.2. The summed E-state index contributed by atoms with van der Waals surface area (Å²) in [5.41, 5.74) is 1.02. The molecule has 0 radical (unpaired) electrons. The van der Waals surface area contributed by atoms with Gasteiger partial charge in [0.1, 0.15) is 0 Å². The van der Waals surface area contributed by atoms with Crippen molar-refractivity contribution < 1.29 is 19.3 Å². The van der Waals surface area contributed by atoms with Crippen LogP contribution in [0.4, 0.5) is 0 Å². The molecule has 2 aliphatic rings. The quantitative estimate of drug-likeness (QED) is 0.829. The van der Waals surface area contributed by atoms with Crippen molar-refractivity contribution in [1.29, 1.82) is 0 Å². The number of piperazine rings is 1. The molecule has 0 aromatic heterocycles. The molecule has 1 N–H and O–H groups in total. The number of hydrogen-bond donors (Lipinski definition) is 1. The number of aliphatic hydroxyl groups excluding tert-OH is 1. The number of aliphatic hydroxyl groups is 1. The number of likely N-dealkylation sites (N-methyl/N-ethyl adjacent to an activating group) is 1. The molecule has 0 bridgehead atoms. The van der Waals surface area contributed by atoms with E-state index in [2.05, 4.69) is 16.8 Å². The van der Waals surface area contributed by atoms with Gasteiger partial charge in [0.05, 0.1) is 19.3 Å². The summed E-state index contributed by atoms with van der Waals surface area (Å²) in [7, 11) is 2.13. The van der Waals surface area contributed by atoms with Crippen LogP contribution in [0.15, 0.2) is 18.2 Å². The van der Waals surface area contributed by atoms with Gasteiger partial charge in [-0.3, -0.25) is 4.90 Å². The van der Waals surface area contributed by atoms with E-state index in [0.717, 1.165) is 43.2 Å². The van der Waals surface area contributed by atoms with Crippen LogP contribution in [0, 0.1) is 0 Å². The molecule has 6 nitrogen and oxygen atoms in total. The van der Waals surface area contributed by atoms with E-state index < -0.39 is 6.10 Å². The lowest BCUT2D eigenvalue weighted by Crippen LogP contribution is -2.47. The van der Waals surface area contributed by atoms with E-state index >= 15 is 0 Å². The number of benzene rings is 1. The highest BCUT2D eigenvalue weighted by atomic mass is 35.5. The number of β-amino-alcohol motifs (C(OH)–C–C–N with tert-alkyl or cyclic N) is 1. The van der Waals surface area contributed by atoms with Gasteiger partial charge in [-0.25, -0.2) is 0 Å². The first-order chi connectivity index (χ1) is 10.7. The van der Waals surface area contributed by atoms with Crippen molar-refractivity contribution in [1.82, 2.24) is 9.80 Å². The van der Waals surface area contributed by atoms with Crippen molar-refractivity contribution >= 4 is 12.4 Å². The molecule has 2 aliphatic heterocycles. The summed E-state index contributed by atoms with van der Waals surface area (Å²) >= 11 is 0. The number of ether oxygens (including phenoxy) is 3. The summed E-state index contributed by atoms with van der Waals surface area (Å²) in [5.74, 6) is 1.54. The number of fused-ring (bicyclic) bond motifs is 1. The van der Waals surface area contributed by atoms with E-state index in [4.69, 9.17) is 14.2 Å². The average Bonchev–Trinajstić information content (AvgIpc) is 2.97. The Hall–Kier alpha value is -1.05. The third kappa shape index (κ3) is 5.22. The molecule has 0 spiro atoms. The summed E-state index contributed by atoms with van der Waals surface area (Å²) < 4.78 is 16.2. The smallest absolute Gasteiger partial charge is 0.231 e. The first kappa shape index (κ1) is 18.3. The second kappa shape index (κ2) is 8.70. The van der Waals surface area contributed by atoms with Crippen LogP contribution >= 0.6 is 12.4 Å². The summed E-state index contributed by atoms with van der Waals surface area (Å²) in [5, 5.41) is 10.1. The van der Waals surface area contributed by atoms with Crippen molar-refractivity contribution in [2.24, 2.45) is 0 Å². The lowest BCUT2D eigenvalue weighted by molar-refractivity contribution is 0.00294. The van der Waals surface area contributed by atoms with Gasteiger partial charge < -0.3 is 24.2 Å². The second-order valence-electron chi connectivity index (χ2n) is 5.96. The number of halogens is 1. The Morgan fingerprint density at radius 1 is 1.17 bits per heavy atom. The van der Waals surface area contributed by atoms with Crippen molar-refractivity contribution in [2.75, 3.05) is 53.2 Å². The second-order valence-corrected chi connectivity index (χ2v) is 5.96. The van der Waals surface area contributed by atoms with Gasteiger partial charge in [0, 0.05) is 32.7 Å². The topological polar surface area (TPSA) is 54.4 Å². The van der Waals surface area contributed by atoms with Gasteiger partial charge in [-0.15, -0.1) is 12.4 Å². The Labute approximate surface area is 143 Å². The third-order valence-electron chi connectivity index (χ3n) is 4.08. The Morgan fingerprint density at radius 3 is 2.70 bits per heavy atom. The van der Waals surface area contributed by atoms with E-state index in [-0.39, 0.29) is 19.2 Å². The molecule has 1 aromatic rings. The van der Waals surface area contributed by atoms with Gasteiger partial charge in [-0.2, -0.15) is 0 Å². The normalized spacial score (nSPS) is 19.4. The highest BCUT2D eigenvalue weighted by Gasteiger charge is 2.17. The van der Waals surface area contributed by atoms with Crippen LogP contribution < -0.4 is 9.47 Å². The highest BCUT2D eigenvalue weighted by Crippen LogP contribution is 2.32.